The van der Waals surface area contributed by atoms with Gasteiger partial charge in [-0.2, -0.15) is 0 Å². The molecule has 1 aromatic rings. The van der Waals surface area contributed by atoms with Gasteiger partial charge >= 0.3 is 0 Å². The number of hydrogen-bond acceptors (Lipinski definition) is 4. The van der Waals surface area contributed by atoms with Gasteiger partial charge < -0.3 is 5.73 Å². The average Bonchev–Trinajstić information content (AvgIpc) is 2.03. The molecule has 2 N–H and O–H groups in total. The van der Waals surface area contributed by atoms with Crippen LogP contribution in [0.15, 0.2) is 12.1 Å². The van der Waals surface area contributed by atoms with Crippen LogP contribution in [0.4, 0.5) is 11.5 Å². The van der Waals surface area contributed by atoms with Crippen LogP contribution in [0.1, 0.15) is 12.6 Å². The number of nitrogens with two attached hydrogens (primary N) is 1. The third kappa shape index (κ3) is 1.50. The van der Waals surface area contributed by atoms with Gasteiger partial charge in [-0.05, 0) is 12.5 Å². The summed E-state index contributed by atoms with van der Waals surface area (Å²) in [6.07, 6.45) is 0.515. The summed E-state index contributed by atoms with van der Waals surface area (Å²) in [7, 11) is 0. The summed E-state index contributed by atoms with van der Waals surface area (Å²) in [5, 5.41) is 10.4. The van der Waals surface area contributed by atoms with Gasteiger partial charge in [-0.25, -0.2) is 4.98 Å². The minimum absolute atomic E-state index is 0.0340. The van der Waals surface area contributed by atoms with Gasteiger partial charge in [0.25, 0.3) is 5.69 Å². The topological polar surface area (TPSA) is 82.0 Å². The predicted octanol–water partition coefficient (Wildman–Crippen LogP) is 1.13. The number of anilines is 1. The molecule has 64 valence electrons. The van der Waals surface area contributed by atoms with Crippen LogP contribution in [0.25, 0.3) is 0 Å². The molecule has 0 aromatic carbocycles. The Labute approximate surface area is 69.4 Å². The standard InChI is InChI=1S/C7H9N3O2/c1-2-5-6(10(11)12)3-4-7(8)9-5/h3-4H,2H2,1H3,(H2,8,9). The summed E-state index contributed by atoms with van der Waals surface area (Å²) in [6.45, 7) is 1.80. The van der Waals surface area contributed by atoms with E-state index in [1.807, 2.05) is 0 Å². The van der Waals surface area contributed by atoms with Crippen LogP contribution in [-0.4, -0.2) is 9.91 Å². The third-order valence-electron chi connectivity index (χ3n) is 1.50. The maximum atomic E-state index is 10.4. The highest BCUT2D eigenvalue weighted by molar-refractivity contribution is 5.42. The minimum Gasteiger partial charge on any atom is -0.384 e. The highest BCUT2D eigenvalue weighted by Gasteiger charge is 2.12. The first-order valence-electron chi connectivity index (χ1n) is 3.55. The van der Waals surface area contributed by atoms with Crippen LogP contribution in [0.2, 0.25) is 0 Å². The molecule has 1 rings (SSSR count). The minimum atomic E-state index is -0.453. The monoisotopic (exact) mass is 167 g/mol. The maximum absolute atomic E-state index is 10.4. The molecule has 0 amide bonds. The molecule has 0 aliphatic rings. The Hall–Kier alpha value is -1.65. The largest absolute Gasteiger partial charge is 0.384 e. The normalized spacial score (nSPS) is 9.75. The molecule has 0 saturated carbocycles. The fraction of sp³-hybridized carbons (Fsp3) is 0.286. The Morgan fingerprint density at radius 2 is 2.33 bits per heavy atom. The first kappa shape index (κ1) is 8.45. The van der Waals surface area contributed by atoms with Gasteiger partial charge in [0.05, 0.1) is 4.92 Å². The smallest absolute Gasteiger partial charge is 0.290 e. The van der Waals surface area contributed by atoms with Crippen molar-refractivity contribution in [3.05, 3.63) is 27.9 Å². The van der Waals surface area contributed by atoms with Crippen LogP contribution in [0.3, 0.4) is 0 Å². The zero-order valence-electron chi connectivity index (χ0n) is 6.65. The molecule has 0 saturated heterocycles. The van der Waals surface area contributed by atoms with E-state index in [-0.39, 0.29) is 5.69 Å². The number of rotatable bonds is 2. The van der Waals surface area contributed by atoms with E-state index in [0.29, 0.717) is 17.9 Å². The van der Waals surface area contributed by atoms with Crippen molar-refractivity contribution >= 4 is 11.5 Å². The van der Waals surface area contributed by atoms with Crippen molar-refractivity contribution in [3.8, 4) is 0 Å². The number of nitrogens with zero attached hydrogens (tertiary/aromatic N) is 2. The van der Waals surface area contributed by atoms with E-state index in [1.165, 1.54) is 12.1 Å². The van der Waals surface area contributed by atoms with Crippen molar-refractivity contribution in [2.45, 2.75) is 13.3 Å². The maximum Gasteiger partial charge on any atom is 0.290 e. The van der Waals surface area contributed by atoms with Crippen LogP contribution in [0.5, 0.6) is 0 Å². The Bertz CT molecular complexity index is 312. The average molecular weight is 167 g/mol. The molecule has 5 nitrogen and oxygen atoms in total. The van der Waals surface area contributed by atoms with E-state index >= 15 is 0 Å². The second-order valence-corrected chi connectivity index (χ2v) is 2.31. The lowest BCUT2D eigenvalue weighted by Gasteiger charge is -1.98. The summed E-state index contributed by atoms with van der Waals surface area (Å²) in [6, 6.07) is 2.80. The quantitative estimate of drug-likeness (QED) is 0.528. The third-order valence-corrected chi connectivity index (χ3v) is 1.50. The van der Waals surface area contributed by atoms with Crippen LogP contribution >= 0.6 is 0 Å². The fourth-order valence-corrected chi connectivity index (χ4v) is 0.937. The lowest BCUT2D eigenvalue weighted by molar-refractivity contribution is -0.385. The number of pyridine rings is 1. The molecule has 0 aliphatic heterocycles. The van der Waals surface area contributed by atoms with Crippen molar-refractivity contribution in [3.63, 3.8) is 0 Å². The number of nitro groups is 1. The van der Waals surface area contributed by atoms with Crippen LogP contribution in [0, 0.1) is 10.1 Å². The molecule has 0 aliphatic carbocycles. The molecule has 0 unspecified atom stereocenters. The van der Waals surface area contributed by atoms with Crippen molar-refractivity contribution < 1.29 is 4.92 Å². The van der Waals surface area contributed by atoms with Crippen LogP contribution < -0.4 is 5.73 Å². The molecule has 12 heavy (non-hydrogen) atoms. The van der Waals surface area contributed by atoms with Gasteiger partial charge in [-0.15, -0.1) is 0 Å². The summed E-state index contributed by atoms with van der Waals surface area (Å²) < 4.78 is 0. The molecular formula is C7H9N3O2. The van der Waals surface area contributed by atoms with E-state index in [1.54, 1.807) is 6.92 Å². The second kappa shape index (κ2) is 3.17. The molecule has 0 radical (unpaired) electrons. The van der Waals surface area contributed by atoms with Gasteiger partial charge in [0.15, 0.2) is 0 Å². The predicted molar refractivity (Wildman–Crippen MR) is 44.7 cm³/mol. The SMILES string of the molecule is CCc1nc(N)ccc1[N+](=O)[O-]. The summed E-state index contributed by atoms with van der Waals surface area (Å²) in [4.78, 5) is 13.8. The van der Waals surface area contributed by atoms with E-state index in [0.717, 1.165) is 0 Å². The molecule has 0 bridgehead atoms. The Balaban J connectivity index is 3.20. The first-order valence-corrected chi connectivity index (χ1v) is 3.55. The van der Waals surface area contributed by atoms with Gasteiger partial charge in [0.1, 0.15) is 11.5 Å². The van der Waals surface area contributed by atoms with Crippen molar-refractivity contribution in [2.75, 3.05) is 5.73 Å². The summed E-state index contributed by atoms with van der Waals surface area (Å²) in [5.41, 5.74) is 5.83. The Kier molecular flexibility index (Phi) is 2.23. The van der Waals surface area contributed by atoms with Crippen molar-refractivity contribution in [2.24, 2.45) is 0 Å². The fourth-order valence-electron chi connectivity index (χ4n) is 0.937. The Morgan fingerprint density at radius 1 is 1.67 bits per heavy atom. The van der Waals surface area contributed by atoms with E-state index < -0.39 is 4.92 Å². The van der Waals surface area contributed by atoms with Gasteiger partial charge in [0.2, 0.25) is 0 Å². The number of hydrogen-bond donors (Lipinski definition) is 1. The Morgan fingerprint density at radius 3 is 2.83 bits per heavy atom. The lowest BCUT2D eigenvalue weighted by atomic mass is 10.2. The molecule has 1 heterocycles. The zero-order chi connectivity index (χ0) is 9.14. The number of nitrogen functional groups attached to an aromatic ring is 1. The molecule has 0 atom stereocenters. The van der Waals surface area contributed by atoms with E-state index in [9.17, 15) is 10.1 Å². The van der Waals surface area contributed by atoms with E-state index in [4.69, 9.17) is 5.73 Å². The van der Waals surface area contributed by atoms with Crippen molar-refractivity contribution in [1.82, 2.24) is 4.98 Å². The molecule has 0 fully saturated rings. The summed E-state index contributed by atoms with van der Waals surface area (Å²) >= 11 is 0. The second-order valence-electron chi connectivity index (χ2n) is 2.31. The lowest BCUT2D eigenvalue weighted by Crippen LogP contribution is -2.00. The molecule has 1 aromatic heterocycles. The summed E-state index contributed by atoms with van der Waals surface area (Å²) in [5.74, 6) is 0.317. The highest BCUT2D eigenvalue weighted by Crippen LogP contribution is 2.17. The van der Waals surface area contributed by atoms with Crippen molar-refractivity contribution in [1.29, 1.82) is 0 Å². The molecular weight excluding hydrogens is 158 g/mol. The number of aromatic nitrogens is 1. The van der Waals surface area contributed by atoms with Crippen LogP contribution in [-0.2, 0) is 6.42 Å². The first-order chi connectivity index (χ1) is 5.65. The number of aryl methyl sites for hydroxylation is 1. The van der Waals surface area contributed by atoms with Gasteiger partial charge in [0, 0.05) is 6.07 Å². The van der Waals surface area contributed by atoms with E-state index in [2.05, 4.69) is 4.98 Å². The highest BCUT2D eigenvalue weighted by atomic mass is 16.6. The van der Waals surface area contributed by atoms with Gasteiger partial charge in [-0.1, -0.05) is 6.92 Å². The molecule has 5 heteroatoms. The zero-order valence-corrected chi connectivity index (χ0v) is 6.65. The van der Waals surface area contributed by atoms with Gasteiger partial charge in [-0.3, -0.25) is 10.1 Å². The molecule has 0 spiro atoms.